The number of benzene rings is 1. The molecule has 1 aliphatic rings. The summed E-state index contributed by atoms with van der Waals surface area (Å²) in [4.78, 5) is 6.60. The predicted molar refractivity (Wildman–Crippen MR) is 106 cm³/mol. The Bertz CT molecular complexity index is 929. The van der Waals surface area contributed by atoms with Crippen molar-refractivity contribution in [1.29, 1.82) is 0 Å². The molecule has 1 aromatic carbocycles. The molecule has 2 aromatic heterocycles. The van der Waals surface area contributed by atoms with Gasteiger partial charge in [0.25, 0.3) is 0 Å². The molecule has 8 heteroatoms. The first-order valence-corrected chi connectivity index (χ1v) is 9.60. The maximum Gasteiger partial charge on any atom is 0.216 e. The molecular weight excluding hydrogens is 358 g/mol. The average molecular weight is 383 g/mol. The first-order valence-electron chi connectivity index (χ1n) is 9.60. The second-order valence-electron chi connectivity index (χ2n) is 6.61. The van der Waals surface area contributed by atoms with E-state index in [4.69, 9.17) is 14.5 Å². The third-order valence-corrected chi connectivity index (χ3v) is 4.72. The highest BCUT2D eigenvalue weighted by atomic mass is 16.6. The van der Waals surface area contributed by atoms with E-state index >= 15 is 0 Å². The molecule has 1 aliphatic heterocycles. The Morgan fingerprint density at radius 2 is 2.25 bits per heavy atom. The Morgan fingerprint density at radius 3 is 3.14 bits per heavy atom. The SMILES string of the molecule is CCOC(O)N1CCCNc2ccn3ncc(c3n2)-c2cccc(c2)OCC1. The molecule has 0 aliphatic carbocycles. The molecule has 0 spiro atoms. The van der Waals surface area contributed by atoms with Gasteiger partial charge in [0.1, 0.15) is 18.2 Å². The number of hydrogen-bond donors (Lipinski definition) is 2. The van der Waals surface area contributed by atoms with E-state index in [1.54, 1.807) is 4.52 Å². The monoisotopic (exact) mass is 383 g/mol. The first-order chi connectivity index (χ1) is 13.7. The average Bonchev–Trinajstić information content (AvgIpc) is 3.13. The Labute approximate surface area is 163 Å². The molecule has 28 heavy (non-hydrogen) atoms. The minimum Gasteiger partial charge on any atom is -0.492 e. The molecule has 0 radical (unpaired) electrons. The molecule has 0 amide bonds. The number of anilines is 1. The van der Waals surface area contributed by atoms with Gasteiger partial charge >= 0.3 is 0 Å². The van der Waals surface area contributed by atoms with Gasteiger partial charge in [-0.1, -0.05) is 12.1 Å². The minimum absolute atomic E-state index is 0.454. The second kappa shape index (κ2) is 8.55. The van der Waals surface area contributed by atoms with Crippen molar-refractivity contribution in [2.75, 3.05) is 38.2 Å². The van der Waals surface area contributed by atoms with Crippen LogP contribution in [0.25, 0.3) is 16.8 Å². The van der Waals surface area contributed by atoms with Crippen LogP contribution in [0.5, 0.6) is 5.75 Å². The molecule has 4 bridgehead atoms. The Balaban J connectivity index is 1.64. The van der Waals surface area contributed by atoms with Gasteiger partial charge < -0.3 is 19.9 Å². The topological polar surface area (TPSA) is 84.2 Å². The molecule has 0 saturated carbocycles. The van der Waals surface area contributed by atoms with Gasteiger partial charge in [0.15, 0.2) is 5.65 Å². The lowest BCUT2D eigenvalue weighted by atomic mass is 10.1. The Morgan fingerprint density at radius 1 is 1.32 bits per heavy atom. The highest BCUT2D eigenvalue weighted by Crippen LogP contribution is 2.27. The number of aliphatic hydroxyl groups is 1. The zero-order chi connectivity index (χ0) is 19.3. The largest absolute Gasteiger partial charge is 0.492 e. The number of nitrogens with zero attached hydrogens (tertiary/aromatic N) is 4. The minimum atomic E-state index is -0.933. The number of nitrogens with one attached hydrogen (secondary N) is 1. The van der Waals surface area contributed by atoms with Gasteiger partial charge in [-0.05, 0) is 37.1 Å². The molecule has 0 fully saturated rings. The fourth-order valence-electron chi connectivity index (χ4n) is 3.29. The fraction of sp³-hybridized carbons (Fsp3) is 0.400. The smallest absolute Gasteiger partial charge is 0.216 e. The number of fused-ring (bicyclic) bond motifs is 4. The van der Waals surface area contributed by atoms with Crippen LogP contribution < -0.4 is 10.1 Å². The van der Waals surface area contributed by atoms with Crippen molar-refractivity contribution in [3.63, 3.8) is 0 Å². The van der Waals surface area contributed by atoms with Crippen molar-refractivity contribution in [2.45, 2.75) is 19.8 Å². The zero-order valence-corrected chi connectivity index (χ0v) is 15.9. The number of aliphatic hydroxyl groups excluding tert-OH is 1. The predicted octanol–water partition coefficient (Wildman–Crippen LogP) is 2.21. The molecule has 0 saturated heterocycles. The van der Waals surface area contributed by atoms with Crippen LogP contribution in [0, 0.1) is 0 Å². The highest BCUT2D eigenvalue weighted by Gasteiger charge is 2.16. The maximum atomic E-state index is 10.2. The highest BCUT2D eigenvalue weighted by molar-refractivity contribution is 5.78. The van der Waals surface area contributed by atoms with Gasteiger partial charge in [-0.15, -0.1) is 0 Å². The summed E-state index contributed by atoms with van der Waals surface area (Å²) in [6.45, 7) is 4.75. The third kappa shape index (κ3) is 4.09. The van der Waals surface area contributed by atoms with Crippen molar-refractivity contribution in [1.82, 2.24) is 19.5 Å². The summed E-state index contributed by atoms with van der Waals surface area (Å²) in [6.07, 6.45) is 3.62. The summed E-state index contributed by atoms with van der Waals surface area (Å²) in [5.74, 6) is 1.57. The molecule has 148 valence electrons. The van der Waals surface area contributed by atoms with E-state index in [9.17, 15) is 5.11 Å². The van der Waals surface area contributed by atoms with E-state index in [0.717, 1.165) is 41.3 Å². The molecule has 4 rings (SSSR count). The van der Waals surface area contributed by atoms with Crippen LogP contribution in [0.15, 0.2) is 42.7 Å². The lowest BCUT2D eigenvalue weighted by Crippen LogP contribution is -2.41. The number of ether oxygens (including phenoxy) is 2. The van der Waals surface area contributed by atoms with Gasteiger partial charge in [0.05, 0.1) is 6.20 Å². The van der Waals surface area contributed by atoms with Crippen molar-refractivity contribution in [3.8, 4) is 16.9 Å². The summed E-state index contributed by atoms with van der Waals surface area (Å²) in [6, 6.07) is 9.81. The standard InChI is InChI=1S/C20H25N5O3/c1-2-27-20(26)24-9-4-8-21-18-7-10-25-19(23-18)17(14-22-25)15-5-3-6-16(13-15)28-12-11-24/h3,5-7,10,13-14,20,26H,2,4,8-9,11-12H2,1H3,(H,21,23). The van der Waals surface area contributed by atoms with Gasteiger partial charge in [0.2, 0.25) is 6.41 Å². The Hall–Kier alpha value is -2.68. The quantitative estimate of drug-likeness (QED) is 0.671. The molecule has 3 heterocycles. The molecule has 2 N–H and O–H groups in total. The van der Waals surface area contributed by atoms with E-state index in [0.29, 0.717) is 26.3 Å². The fourth-order valence-corrected chi connectivity index (χ4v) is 3.29. The van der Waals surface area contributed by atoms with E-state index in [1.807, 2.05) is 54.5 Å². The van der Waals surface area contributed by atoms with Gasteiger partial charge in [0, 0.05) is 38.0 Å². The van der Waals surface area contributed by atoms with Crippen LogP contribution in [-0.2, 0) is 4.74 Å². The van der Waals surface area contributed by atoms with Crippen molar-refractivity contribution in [3.05, 3.63) is 42.7 Å². The normalized spacial score (nSPS) is 16.8. The van der Waals surface area contributed by atoms with E-state index < -0.39 is 6.41 Å². The third-order valence-electron chi connectivity index (χ3n) is 4.72. The van der Waals surface area contributed by atoms with Crippen LogP contribution in [0.1, 0.15) is 13.3 Å². The molecule has 3 aromatic rings. The molecule has 1 unspecified atom stereocenters. The second-order valence-corrected chi connectivity index (χ2v) is 6.61. The van der Waals surface area contributed by atoms with E-state index in [-0.39, 0.29) is 0 Å². The van der Waals surface area contributed by atoms with Crippen LogP contribution in [0.4, 0.5) is 5.82 Å². The van der Waals surface area contributed by atoms with Crippen LogP contribution >= 0.6 is 0 Å². The lowest BCUT2D eigenvalue weighted by Gasteiger charge is -2.27. The van der Waals surface area contributed by atoms with Crippen LogP contribution in [0.3, 0.4) is 0 Å². The summed E-state index contributed by atoms with van der Waals surface area (Å²) in [5.41, 5.74) is 2.75. The summed E-state index contributed by atoms with van der Waals surface area (Å²) in [5, 5.41) is 18.0. The van der Waals surface area contributed by atoms with E-state index in [2.05, 4.69) is 10.4 Å². The zero-order valence-electron chi connectivity index (χ0n) is 15.9. The lowest BCUT2D eigenvalue weighted by molar-refractivity contribution is -0.192. The Kier molecular flexibility index (Phi) is 5.70. The van der Waals surface area contributed by atoms with Crippen molar-refractivity contribution >= 4 is 11.5 Å². The van der Waals surface area contributed by atoms with Gasteiger partial charge in [-0.3, -0.25) is 4.90 Å². The maximum absolute atomic E-state index is 10.2. The number of hydrogen-bond acceptors (Lipinski definition) is 7. The number of rotatable bonds is 3. The van der Waals surface area contributed by atoms with E-state index in [1.165, 1.54) is 0 Å². The molecular formula is C20H25N5O3. The van der Waals surface area contributed by atoms with Gasteiger partial charge in [-0.2, -0.15) is 5.10 Å². The summed E-state index contributed by atoms with van der Waals surface area (Å²) in [7, 11) is 0. The van der Waals surface area contributed by atoms with Crippen LogP contribution in [0.2, 0.25) is 0 Å². The first kappa shape index (κ1) is 18.7. The number of aromatic nitrogens is 3. The van der Waals surface area contributed by atoms with Crippen LogP contribution in [-0.4, -0.2) is 63.9 Å². The van der Waals surface area contributed by atoms with Crippen molar-refractivity contribution < 1.29 is 14.6 Å². The van der Waals surface area contributed by atoms with Crippen molar-refractivity contribution in [2.24, 2.45) is 0 Å². The summed E-state index contributed by atoms with van der Waals surface area (Å²) >= 11 is 0. The molecule has 8 nitrogen and oxygen atoms in total. The molecule has 1 atom stereocenters. The van der Waals surface area contributed by atoms with Gasteiger partial charge in [-0.25, -0.2) is 9.50 Å². The summed E-state index contributed by atoms with van der Waals surface area (Å²) < 4.78 is 13.1.